The summed E-state index contributed by atoms with van der Waals surface area (Å²) in [4.78, 5) is 7.77. The lowest BCUT2D eigenvalue weighted by Crippen LogP contribution is -1.95. The van der Waals surface area contributed by atoms with Crippen molar-refractivity contribution >= 4 is 22.7 Å². The second kappa shape index (κ2) is 8.04. The Bertz CT molecular complexity index is 1210. The maximum Gasteiger partial charge on any atom is 0.149 e. The molecular formula is C25H21N3O. The van der Waals surface area contributed by atoms with E-state index < -0.39 is 0 Å². The number of rotatable bonds is 5. The van der Waals surface area contributed by atoms with Crippen molar-refractivity contribution in [2.75, 3.05) is 0 Å². The van der Waals surface area contributed by atoms with Crippen molar-refractivity contribution < 1.29 is 4.74 Å². The molecule has 0 radical (unpaired) electrons. The Hall–Kier alpha value is -3.84. The third-order valence-corrected chi connectivity index (χ3v) is 4.73. The summed E-state index contributed by atoms with van der Waals surface area (Å²) in [6, 6.07) is 24.2. The van der Waals surface area contributed by atoms with Gasteiger partial charge in [-0.3, -0.25) is 0 Å². The lowest BCUT2D eigenvalue weighted by Gasteiger charge is -2.07. The number of nitriles is 1. The first-order chi connectivity index (χ1) is 14.1. The fraction of sp³-hybridized carbons (Fsp3) is 0.120. The molecule has 0 spiro atoms. The van der Waals surface area contributed by atoms with Crippen LogP contribution in [-0.4, -0.2) is 9.97 Å². The standard InChI is InChI=1S/C25H21N3O/c1-17-3-6-20(7-4-17)16-29-22-10-8-19(9-11-22)14-21(15-26)25-27-23-12-5-18(2)13-24(23)28-25/h3-14H,16H2,1-2H3,(H,27,28)/b21-14-. The third kappa shape index (κ3) is 4.36. The van der Waals surface area contributed by atoms with Gasteiger partial charge in [0.15, 0.2) is 0 Å². The Balaban J connectivity index is 1.50. The molecule has 4 nitrogen and oxygen atoms in total. The van der Waals surface area contributed by atoms with Gasteiger partial charge in [0, 0.05) is 0 Å². The van der Waals surface area contributed by atoms with Crippen molar-refractivity contribution in [1.29, 1.82) is 5.26 Å². The van der Waals surface area contributed by atoms with Gasteiger partial charge in [0.25, 0.3) is 0 Å². The zero-order valence-corrected chi connectivity index (χ0v) is 16.4. The van der Waals surface area contributed by atoms with Crippen LogP contribution in [0, 0.1) is 25.2 Å². The first-order valence-electron chi connectivity index (χ1n) is 9.48. The van der Waals surface area contributed by atoms with E-state index in [1.807, 2.05) is 55.5 Å². The predicted molar refractivity (Wildman–Crippen MR) is 116 cm³/mol. The number of H-pyrrole nitrogens is 1. The van der Waals surface area contributed by atoms with E-state index in [4.69, 9.17) is 4.74 Å². The second-order valence-electron chi connectivity index (χ2n) is 7.12. The van der Waals surface area contributed by atoms with E-state index in [0.717, 1.165) is 33.5 Å². The SMILES string of the molecule is Cc1ccc(COc2ccc(/C=C(/C#N)c3nc4ccc(C)cc4[nH]3)cc2)cc1. The number of nitrogens with one attached hydrogen (secondary N) is 1. The molecule has 0 saturated carbocycles. The van der Waals surface area contributed by atoms with Crippen LogP contribution in [0.5, 0.6) is 5.75 Å². The largest absolute Gasteiger partial charge is 0.489 e. The number of ether oxygens (including phenoxy) is 1. The molecule has 0 aliphatic heterocycles. The van der Waals surface area contributed by atoms with E-state index in [0.29, 0.717) is 18.0 Å². The fourth-order valence-electron chi connectivity index (χ4n) is 3.08. The van der Waals surface area contributed by atoms with Gasteiger partial charge in [0.1, 0.15) is 24.3 Å². The molecule has 0 saturated heterocycles. The number of allylic oxidation sites excluding steroid dienone is 1. The number of aryl methyl sites for hydroxylation is 2. The molecular weight excluding hydrogens is 358 g/mol. The van der Waals surface area contributed by atoms with Crippen molar-refractivity contribution in [2.24, 2.45) is 0 Å². The molecule has 4 rings (SSSR count). The van der Waals surface area contributed by atoms with Gasteiger partial charge in [-0.1, -0.05) is 48.0 Å². The maximum atomic E-state index is 9.60. The maximum absolute atomic E-state index is 9.60. The van der Waals surface area contributed by atoms with Gasteiger partial charge in [-0.2, -0.15) is 5.26 Å². The average Bonchev–Trinajstić information content (AvgIpc) is 3.15. The molecule has 0 unspecified atom stereocenters. The van der Waals surface area contributed by atoms with Gasteiger partial charge >= 0.3 is 0 Å². The molecule has 29 heavy (non-hydrogen) atoms. The van der Waals surface area contributed by atoms with E-state index in [9.17, 15) is 5.26 Å². The van der Waals surface area contributed by atoms with Gasteiger partial charge in [-0.15, -0.1) is 0 Å². The highest BCUT2D eigenvalue weighted by molar-refractivity contribution is 5.90. The van der Waals surface area contributed by atoms with Gasteiger partial charge in [-0.05, 0) is 60.9 Å². The van der Waals surface area contributed by atoms with E-state index in [1.165, 1.54) is 5.56 Å². The van der Waals surface area contributed by atoms with Crippen LogP contribution in [-0.2, 0) is 6.61 Å². The smallest absolute Gasteiger partial charge is 0.149 e. The Morgan fingerprint density at radius 3 is 2.45 bits per heavy atom. The fourth-order valence-corrected chi connectivity index (χ4v) is 3.08. The topological polar surface area (TPSA) is 61.7 Å². The number of aromatic nitrogens is 2. The lowest BCUT2D eigenvalue weighted by atomic mass is 10.1. The van der Waals surface area contributed by atoms with Crippen LogP contribution in [0.2, 0.25) is 0 Å². The number of imidazole rings is 1. The zero-order valence-electron chi connectivity index (χ0n) is 16.4. The molecule has 0 fully saturated rings. The van der Waals surface area contributed by atoms with E-state index in [2.05, 4.69) is 47.2 Å². The average molecular weight is 379 g/mol. The normalized spacial score (nSPS) is 11.4. The molecule has 0 aliphatic rings. The molecule has 0 atom stereocenters. The highest BCUT2D eigenvalue weighted by atomic mass is 16.5. The number of fused-ring (bicyclic) bond motifs is 1. The van der Waals surface area contributed by atoms with Crippen LogP contribution in [0.3, 0.4) is 0 Å². The van der Waals surface area contributed by atoms with Crippen LogP contribution in [0.1, 0.15) is 28.1 Å². The number of hydrogen-bond acceptors (Lipinski definition) is 3. The summed E-state index contributed by atoms with van der Waals surface area (Å²) in [6.07, 6.45) is 1.83. The van der Waals surface area contributed by atoms with Gasteiger partial charge in [0.2, 0.25) is 0 Å². The van der Waals surface area contributed by atoms with Crippen molar-refractivity contribution in [3.8, 4) is 11.8 Å². The van der Waals surface area contributed by atoms with Crippen molar-refractivity contribution in [3.05, 3.63) is 94.8 Å². The summed E-state index contributed by atoms with van der Waals surface area (Å²) >= 11 is 0. The minimum absolute atomic E-state index is 0.493. The molecule has 0 bridgehead atoms. The third-order valence-electron chi connectivity index (χ3n) is 4.73. The Morgan fingerprint density at radius 2 is 1.72 bits per heavy atom. The summed E-state index contributed by atoms with van der Waals surface area (Å²) in [5.41, 5.74) is 6.71. The Kier molecular flexibility index (Phi) is 5.13. The highest BCUT2D eigenvalue weighted by Crippen LogP contribution is 2.21. The van der Waals surface area contributed by atoms with Crippen LogP contribution >= 0.6 is 0 Å². The predicted octanol–water partition coefficient (Wildman–Crippen LogP) is 5.82. The first kappa shape index (κ1) is 18.5. The minimum Gasteiger partial charge on any atom is -0.489 e. The molecule has 4 aromatic rings. The summed E-state index contributed by atoms with van der Waals surface area (Å²) in [5.74, 6) is 1.37. The molecule has 1 heterocycles. The minimum atomic E-state index is 0.493. The molecule has 1 N–H and O–H groups in total. The van der Waals surface area contributed by atoms with Gasteiger partial charge < -0.3 is 9.72 Å². The van der Waals surface area contributed by atoms with E-state index >= 15 is 0 Å². The first-order valence-corrected chi connectivity index (χ1v) is 9.48. The van der Waals surface area contributed by atoms with Crippen molar-refractivity contribution in [2.45, 2.75) is 20.5 Å². The Morgan fingerprint density at radius 1 is 1.00 bits per heavy atom. The second-order valence-corrected chi connectivity index (χ2v) is 7.12. The molecule has 142 valence electrons. The summed E-state index contributed by atoms with van der Waals surface area (Å²) in [6.45, 7) is 4.62. The quantitative estimate of drug-likeness (QED) is 0.444. The molecule has 3 aromatic carbocycles. The van der Waals surface area contributed by atoms with Crippen LogP contribution < -0.4 is 4.74 Å². The van der Waals surface area contributed by atoms with E-state index in [1.54, 1.807) is 0 Å². The zero-order chi connectivity index (χ0) is 20.2. The molecule has 0 aliphatic carbocycles. The Labute approximate surface area is 170 Å². The monoisotopic (exact) mass is 379 g/mol. The molecule has 0 amide bonds. The number of hydrogen-bond donors (Lipinski definition) is 1. The van der Waals surface area contributed by atoms with Crippen LogP contribution in [0.15, 0.2) is 66.7 Å². The number of benzene rings is 3. The molecule has 4 heteroatoms. The van der Waals surface area contributed by atoms with Gasteiger partial charge in [0.05, 0.1) is 16.6 Å². The van der Waals surface area contributed by atoms with Crippen molar-refractivity contribution in [1.82, 2.24) is 9.97 Å². The lowest BCUT2D eigenvalue weighted by molar-refractivity contribution is 0.306. The van der Waals surface area contributed by atoms with Gasteiger partial charge in [-0.25, -0.2) is 4.98 Å². The summed E-state index contributed by atoms with van der Waals surface area (Å²) < 4.78 is 5.85. The summed E-state index contributed by atoms with van der Waals surface area (Å²) in [7, 11) is 0. The number of nitrogens with zero attached hydrogens (tertiary/aromatic N) is 2. The summed E-state index contributed by atoms with van der Waals surface area (Å²) in [5, 5.41) is 9.60. The highest BCUT2D eigenvalue weighted by Gasteiger charge is 2.08. The van der Waals surface area contributed by atoms with Crippen LogP contribution in [0.25, 0.3) is 22.7 Å². The van der Waals surface area contributed by atoms with Crippen molar-refractivity contribution in [3.63, 3.8) is 0 Å². The molecule has 1 aromatic heterocycles. The number of aromatic amines is 1. The van der Waals surface area contributed by atoms with Crippen LogP contribution in [0.4, 0.5) is 0 Å². The van der Waals surface area contributed by atoms with E-state index in [-0.39, 0.29) is 0 Å².